The van der Waals surface area contributed by atoms with Crippen molar-refractivity contribution in [2.75, 3.05) is 57.6 Å². The van der Waals surface area contributed by atoms with Gasteiger partial charge in [-0.15, -0.1) is 0 Å². The highest BCUT2D eigenvalue weighted by Crippen LogP contribution is 2.41. The van der Waals surface area contributed by atoms with Crippen LogP contribution in [-0.2, 0) is 19.3 Å². The molecule has 0 saturated carbocycles. The Hall–Kier alpha value is -0.700. The van der Waals surface area contributed by atoms with Crippen LogP contribution in [0.25, 0.3) is 0 Å². The molecule has 1 aromatic heterocycles. The standard InChI is InChI=1S/C16H24BrN3O3S/c1-19-5-3-16(4-6-19,24(2,21)22)13-11-14(17)18-15(12-13)20-7-9-23-10-8-20/h11-12H,3-10H2,1-2H3. The first-order valence-corrected chi connectivity index (χ1v) is 10.9. The molecule has 8 heteroatoms. The van der Waals surface area contributed by atoms with Crippen molar-refractivity contribution in [2.24, 2.45) is 0 Å². The molecule has 3 rings (SSSR count). The minimum absolute atomic E-state index is 0.612. The van der Waals surface area contributed by atoms with Crippen LogP contribution in [0, 0.1) is 0 Å². The summed E-state index contributed by atoms with van der Waals surface area (Å²) in [6, 6.07) is 3.83. The minimum Gasteiger partial charge on any atom is -0.378 e. The number of morpholine rings is 1. The van der Waals surface area contributed by atoms with Crippen molar-refractivity contribution >= 4 is 31.6 Å². The normalized spacial score (nSPS) is 22.5. The number of hydrogen-bond acceptors (Lipinski definition) is 6. The van der Waals surface area contributed by atoms with E-state index in [2.05, 4.69) is 30.7 Å². The summed E-state index contributed by atoms with van der Waals surface area (Å²) in [5, 5.41) is 0. The van der Waals surface area contributed by atoms with Gasteiger partial charge in [0, 0.05) is 19.3 Å². The lowest BCUT2D eigenvalue weighted by molar-refractivity contribution is 0.122. The van der Waals surface area contributed by atoms with Crippen LogP contribution in [0.3, 0.4) is 0 Å². The molecule has 0 N–H and O–H groups in total. The largest absolute Gasteiger partial charge is 0.378 e. The Bertz CT molecular complexity index is 697. The summed E-state index contributed by atoms with van der Waals surface area (Å²) in [6.07, 6.45) is 2.59. The van der Waals surface area contributed by atoms with E-state index >= 15 is 0 Å². The molecular formula is C16H24BrN3O3S. The number of likely N-dealkylation sites (tertiary alicyclic amines) is 1. The zero-order valence-electron chi connectivity index (χ0n) is 14.2. The van der Waals surface area contributed by atoms with E-state index in [1.807, 2.05) is 19.2 Å². The molecule has 0 unspecified atom stereocenters. The third-order valence-electron chi connectivity index (χ3n) is 5.15. The molecule has 0 atom stereocenters. The molecule has 3 heterocycles. The van der Waals surface area contributed by atoms with Crippen molar-refractivity contribution < 1.29 is 13.2 Å². The van der Waals surface area contributed by atoms with Crippen LogP contribution in [0.15, 0.2) is 16.7 Å². The molecule has 0 spiro atoms. The van der Waals surface area contributed by atoms with Crippen molar-refractivity contribution in [3.05, 3.63) is 22.3 Å². The third-order valence-corrected chi connectivity index (χ3v) is 7.62. The highest BCUT2D eigenvalue weighted by Gasteiger charge is 2.45. The number of piperidine rings is 1. The fourth-order valence-corrected chi connectivity index (χ4v) is 5.45. The molecule has 24 heavy (non-hydrogen) atoms. The van der Waals surface area contributed by atoms with Gasteiger partial charge in [0.1, 0.15) is 10.4 Å². The van der Waals surface area contributed by atoms with Gasteiger partial charge in [-0.3, -0.25) is 0 Å². The quantitative estimate of drug-likeness (QED) is 0.696. The van der Waals surface area contributed by atoms with Crippen LogP contribution >= 0.6 is 15.9 Å². The second-order valence-corrected chi connectivity index (χ2v) is 9.84. The van der Waals surface area contributed by atoms with E-state index in [4.69, 9.17) is 4.74 Å². The number of nitrogens with zero attached hydrogens (tertiary/aromatic N) is 3. The number of pyridine rings is 1. The second-order valence-electron chi connectivity index (χ2n) is 6.71. The SMILES string of the molecule is CN1CCC(c2cc(Br)nc(N3CCOCC3)c2)(S(C)(=O)=O)CC1. The predicted octanol–water partition coefficient (Wildman–Crippen LogP) is 1.65. The monoisotopic (exact) mass is 417 g/mol. The molecule has 2 fully saturated rings. The number of halogens is 1. The van der Waals surface area contributed by atoms with Gasteiger partial charge < -0.3 is 14.5 Å². The summed E-state index contributed by atoms with van der Waals surface area (Å²) in [5.74, 6) is 0.824. The second kappa shape index (κ2) is 6.90. The fourth-order valence-electron chi connectivity index (χ4n) is 3.55. The maximum atomic E-state index is 12.7. The van der Waals surface area contributed by atoms with Crippen molar-refractivity contribution in [1.29, 1.82) is 0 Å². The van der Waals surface area contributed by atoms with Crippen LogP contribution < -0.4 is 4.90 Å². The van der Waals surface area contributed by atoms with E-state index < -0.39 is 14.6 Å². The van der Waals surface area contributed by atoms with E-state index in [0.29, 0.717) is 30.7 Å². The van der Waals surface area contributed by atoms with Gasteiger partial charge in [0.25, 0.3) is 0 Å². The van der Waals surface area contributed by atoms with Crippen LogP contribution in [0.4, 0.5) is 5.82 Å². The maximum absolute atomic E-state index is 12.7. The Morgan fingerprint density at radius 3 is 2.38 bits per heavy atom. The van der Waals surface area contributed by atoms with E-state index in [0.717, 1.165) is 37.6 Å². The van der Waals surface area contributed by atoms with Gasteiger partial charge in [0.2, 0.25) is 0 Å². The van der Waals surface area contributed by atoms with E-state index in [1.165, 1.54) is 6.26 Å². The summed E-state index contributed by atoms with van der Waals surface area (Å²) in [4.78, 5) is 8.90. The highest BCUT2D eigenvalue weighted by atomic mass is 79.9. The average molecular weight is 418 g/mol. The Labute approximate surface area is 152 Å². The zero-order chi connectivity index (χ0) is 17.4. The van der Waals surface area contributed by atoms with Gasteiger partial charge in [-0.2, -0.15) is 0 Å². The van der Waals surface area contributed by atoms with Crippen molar-refractivity contribution in [2.45, 2.75) is 17.6 Å². The molecule has 0 amide bonds. The van der Waals surface area contributed by atoms with Crippen molar-refractivity contribution in [3.8, 4) is 0 Å². The molecule has 0 aliphatic carbocycles. The number of rotatable bonds is 3. The van der Waals surface area contributed by atoms with Crippen LogP contribution in [0.5, 0.6) is 0 Å². The van der Waals surface area contributed by atoms with Gasteiger partial charge >= 0.3 is 0 Å². The van der Waals surface area contributed by atoms with Crippen LogP contribution in [0.1, 0.15) is 18.4 Å². The molecule has 134 valence electrons. The van der Waals surface area contributed by atoms with E-state index in [9.17, 15) is 8.42 Å². The van der Waals surface area contributed by atoms with Gasteiger partial charge in [0.15, 0.2) is 9.84 Å². The lowest BCUT2D eigenvalue weighted by atomic mass is 9.89. The smallest absolute Gasteiger partial charge is 0.157 e. The first-order chi connectivity index (χ1) is 11.3. The summed E-state index contributed by atoms with van der Waals surface area (Å²) in [6.45, 7) is 4.45. The van der Waals surface area contributed by atoms with Crippen molar-refractivity contribution in [3.63, 3.8) is 0 Å². The zero-order valence-corrected chi connectivity index (χ0v) is 16.6. The Kier molecular flexibility index (Phi) is 5.20. The van der Waals surface area contributed by atoms with Crippen molar-refractivity contribution in [1.82, 2.24) is 9.88 Å². The topological polar surface area (TPSA) is 62.7 Å². The molecule has 2 aliphatic heterocycles. The third kappa shape index (κ3) is 3.47. The lowest BCUT2D eigenvalue weighted by Crippen LogP contribution is -2.46. The Balaban J connectivity index is 2.03. The fraction of sp³-hybridized carbons (Fsp3) is 0.688. The van der Waals surface area contributed by atoms with Gasteiger partial charge in [0.05, 0.1) is 18.0 Å². The Morgan fingerprint density at radius 2 is 1.79 bits per heavy atom. The molecular weight excluding hydrogens is 394 g/mol. The van der Waals surface area contributed by atoms with Gasteiger partial charge in [-0.05, 0) is 66.6 Å². The molecule has 1 aromatic rings. The summed E-state index contributed by atoms with van der Waals surface area (Å²) < 4.78 is 30.7. The first kappa shape index (κ1) is 18.1. The molecule has 0 radical (unpaired) electrons. The minimum atomic E-state index is -3.25. The summed E-state index contributed by atoms with van der Waals surface area (Å²) >= 11 is 3.47. The molecule has 2 aliphatic rings. The van der Waals surface area contributed by atoms with Gasteiger partial charge in [-0.25, -0.2) is 13.4 Å². The summed E-state index contributed by atoms with van der Waals surface area (Å²) in [5.41, 5.74) is 0.849. The molecule has 0 aromatic carbocycles. The molecule has 2 saturated heterocycles. The van der Waals surface area contributed by atoms with E-state index in [1.54, 1.807) is 0 Å². The number of hydrogen-bond donors (Lipinski definition) is 0. The maximum Gasteiger partial charge on any atom is 0.157 e. The number of ether oxygens (including phenoxy) is 1. The van der Waals surface area contributed by atoms with Gasteiger partial charge in [-0.1, -0.05) is 0 Å². The van der Waals surface area contributed by atoms with Crippen LogP contribution in [-0.4, -0.2) is 71.0 Å². The number of aromatic nitrogens is 1. The van der Waals surface area contributed by atoms with Crippen LogP contribution in [0.2, 0.25) is 0 Å². The van der Waals surface area contributed by atoms with E-state index in [-0.39, 0.29) is 0 Å². The highest BCUT2D eigenvalue weighted by molar-refractivity contribution is 9.10. The molecule has 0 bridgehead atoms. The first-order valence-electron chi connectivity index (χ1n) is 8.21. The number of anilines is 1. The molecule has 6 nitrogen and oxygen atoms in total. The number of sulfone groups is 1. The lowest BCUT2D eigenvalue weighted by Gasteiger charge is -2.40. The average Bonchev–Trinajstić information content (AvgIpc) is 2.55. The Morgan fingerprint density at radius 1 is 1.17 bits per heavy atom. The predicted molar refractivity (Wildman–Crippen MR) is 98.2 cm³/mol. The summed E-state index contributed by atoms with van der Waals surface area (Å²) in [7, 11) is -1.21.